The summed E-state index contributed by atoms with van der Waals surface area (Å²) >= 11 is 1.42. The van der Waals surface area contributed by atoms with Crippen molar-refractivity contribution < 1.29 is 19.8 Å². The zero-order valence-corrected chi connectivity index (χ0v) is 11.9. The fraction of sp³-hybridized carbons (Fsp3) is 0.125. The molecule has 0 fully saturated rings. The van der Waals surface area contributed by atoms with E-state index in [-0.39, 0.29) is 17.2 Å². The third-order valence-electron chi connectivity index (χ3n) is 2.91. The van der Waals surface area contributed by atoms with E-state index >= 15 is 0 Å². The summed E-state index contributed by atoms with van der Waals surface area (Å²) in [4.78, 5) is 22.7. The fourth-order valence-corrected chi connectivity index (χ4v) is 3.04. The largest absolute Gasteiger partial charge is 0.481 e. The van der Waals surface area contributed by atoms with Crippen LogP contribution in [-0.4, -0.2) is 22.2 Å². The number of carboxylic acids is 2. The van der Waals surface area contributed by atoms with Crippen LogP contribution in [-0.2, 0) is 4.79 Å². The van der Waals surface area contributed by atoms with Crippen molar-refractivity contribution in [1.29, 1.82) is 0 Å². The lowest BCUT2D eigenvalue weighted by Crippen LogP contribution is -2.03. The van der Waals surface area contributed by atoms with Crippen molar-refractivity contribution in [3.8, 4) is 0 Å². The highest BCUT2D eigenvalue weighted by Gasteiger charge is 2.17. The van der Waals surface area contributed by atoms with Crippen LogP contribution in [0.25, 0.3) is 0 Å². The molecule has 108 valence electrons. The van der Waals surface area contributed by atoms with Crippen LogP contribution in [0.2, 0.25) is 0 Å². The number of carboxylic acid groups (broad SMARTS) is 2. The molecule has 0 aliphatic rings. The standard InChI is InChI=1S/C16H14O4S/c17-15(18)10-14(11-4-2-1-3-5-11)21-13-8-6-12(7-9-13)16(19)20/h1-9,14H,10H2,(H,17,18)(H,19,20). The molecule has 0 amide bonds. The molecule has 1 atom stereocenters. The second-order valence-electron chi connectivity index (χ2n) is 4.44. The highest BCUT2D eigenvalue weighted by Crippen LogP contribution is 2.37. The SMILES string of the molecule is O=C(O)CC(Sc1ccc(C(=O)O)cc1)c1ccccc1. The second kappa shape index (κ2) is 6.95. The van der Waals surface area contributed by atoms with Crippen LogP contribution < -0.4 is 0 Å². The summed E-state index contributed by atoms with van der Waals surface area (Å²) in [6, 6.07) is 15.9. The fourth-order valence-electron chi connectivity index (χ4n) is 1.89. The van der Waals surface area contributed by atoms with Crippen LogP contribution in [0.4, 0.5) is 0 Å². The van der Waals surface area contributed by atoms with Gasteiger partial charge in [0.15, 0.2) is 0 Å². The van der Waals surface area contributed by atoms with Crippen molar-refractivity contribution in [1.82, 2.24) is 0 Å². The summed E-state index contributed by atoms with van der Waals surface area (Å²) in [6.45, 7) is 0. The van der Waals surface area contributed by atoms with E-state index in [1.807, 2.05) is 30.3 Å². The second-order valence-corrected chi connectivity index (χ2v) is 5.72. The monoisotopic (exact) mass is 302 g/mol. The first-order valence-corrected chi connectivity index (χ1v) is 7.21. The first kappa shape index (κ1) is 15.1. The van der Waals surface area contributed by atoms with Crippen LogP contribution in [0, 0.1) is 0 Å². The van der Waals surface area contributed by atoms with Gasteiger partial charge in [0, 0.05) is 10.1 Å². The molecule has 2 rings (SSSR count). The van der Waals surface area contributed by atoms with Crippen molar-refractivity contribution in [2.45, 2.75) is 16.6 Å². The van der Waals surface area contributed by atoms with E-state index in [0.717, 1.165) is 10.5 Å². The Labute approximate surface area is 126 Å². The molecule has 21 heavy (non-hydrogen) atoms. The van der Waals surface area contributed by atoms with Gasteiger partial charge in [0.1, 0.15) is 0 Å². The molecular weight excluding hydrogens is 288 g/mol. The van der Waals surface area contributed by atoms with Crippen LogP contribution in [0.3, 0.4) is 0 Å². The summed E-state index contributed by atoms with van der Waals surface area (Å²) in [5.41, 5.74) is 1.15. The van der Waals surface area contributed by atoms with E-state index in [1.165, 1.54) is 23.9 Å². The van der Waals surface area contributed by atoms with Gasteiger partial charge in [-0.25, -0.2) is 4.79 Å². The lowest BCUT2D eigenvalue weighted by molar-refractivity contribution is -0.137. The van der Waals surface area contributed by atoms with E-state index in [4.69, 9.17) is 10.2 Å². The summed E-state index contributed by atoms with van der Waals surface area (Å²) in [6.07, 6.45) is 0.00929. The van der Waals surface area contributed by atoms with Gasteiger partial charge in [-0.1, -0.05) is 30.3 Å². The van der Waals surface area contributed by atoms with Crippen LogP contribution in [0.5, 0.6) is 0 Å². The molecule has 0 bridgehead atoms. The molecule has 4 nitrogen and oxygen atoms in total. The topological polar surface area (TPSA) is 74.6 Å². The number of aromatic carboxylic acids is 1. The smallest absolute Gasteiger partial charge is 0.335 e. The number of hydrogen-bond acceptors (Lipinski definition) is 3. The zero-order chi connectivity index (χ0) is 15.2. The molecule has 0 saturated carbocycles. The Balaban J connectivity index is 2.18. The van der Waals surface area contributed by atoms with E-state index < -0.39 is 11.9 Å². The molecule has 0 aliphatic carbocycles. The van der Waals surface area contributed by atoms with Crippen molar-refractivity contribution in [2.24, 2.45) is 0 Å². The quantitative estimate of drug-likeness (QED) is 0.796. The van der Waals surface area contributed by atoms with Crippen molar-refractivity contribution >= 4 is 23.7 Å². The predicted octanol–water partition coefficient (Wildman–Crippen LogP) is 3.69. The average molecular weight is 302 g/mol. The average Bonchev–Trinajstić information content (AvgIpc) is 2.47. The maximum atomic E-state index is 11.0. The van der Waals surface area contributed by atoms with Gasteiger partial charge in [-0.05, 0) is 29.8 Å². The van der Waals surface area contributed by atoms with Gasteiger partial charge in [-0.3, -0.25) is 4.79 Å². The number of benzene rings is 2. The molecule has 2 aromatic carbocycles. The maximum Gasteiger partial charge on any atom is 0.335 e. The number of hydrogen-bond donors (Lipinski definition) is 2. The number of rotatable bonds is 6. The first-order valence-electron chi connectivity index (χ1n) is 6.33. The molecule has 5 heteroatoms. The molecule has 2 aromatic rings. The Hall–Kier alpha value is -2.27. The maximum absolute atomic E-state index is 11.0. The van der Waals surface area contributed by atoms with Gasteiger partial charge in [0.2, 0.25) is 0 Å². The lowest BCUT2D eigenvalue weighted by atomic mass is 10.1. The lowest BCUT2D eigenvalue weighted by Gasteiger charge is -2.15. The molecule has 2 N–H and O–H groups in total. The van der Waals surface area contributed by atoms with E-state index in [1.54, 1.807) is 12.1 Å². The summed E-state index contributed by atoms with van der Waals surface area (Å²) in [7, 11) is 0. The van der Waals surface area contributed by atoms with Crippen molar-refractivity contribution in [3.05, 3.63) is 65.7 Å². The Bertz CT molecular complexity index is 622. The minimum Gasteiger partial charge on any atom is -0.481 e. The Morgan fingerprint density at radius 1 is 0.952 bits per heavy atom. The first-order chi connectivity index (χ1) is 10.1. The van der Waals surface area contributed by atoms with Gasteiger partial charge < -0.3 is 10.2 Å². The van der Waals surface area contributed by atoms with Gasteiger partial charge in [-0.2, -0.15) is 0 Å². The summed E-state index contributed by atoms with van der Waals surface area (Å²) in [5.74, 6) is -1.84. The number of carbonyl (C=O) groups is 2. The number of thioether (sulfide) groups is 1. The Morgan fingerprint density at radius 3 is 2.10 bits per heavy atom. The molecule has 0 aliphatic heterocycles. The van der Waals surface area contributed by atoms with Crippen molar-refractivity contribution in [3.63, 3.8) is 0 Å². The normalized spacial score (nSPS) is 11.8. The van der Waals surface area contributed by atoms with Gasteiger partial charge in [0.05, 0.1) is 12.0 Å². The molecule has 0 spiro atoms. The van der Waals surface area contributed by atoms with Gasteiger partial charge >= 0.3 is 11.9 Å². The Kier molecular flexibility index (Phi) is 5.00. The molecule has 0 aromatic heterocycles. The number of aliphatic carboxylic acids is 1. The molecule has 1 unspecified atom stereocenters. The summed E-state index contributed by atoms with van der Waals surface area (Å²) < 4.78 is 0. The van der Waals surface area contributed by atoms with Gasteiger partial charge in [0.25, 0.3) is 0 Å². The predicted molar refractivity (Wildman–Crippen MR) is 80.7 cm³/mol. The van der Waals surface area contributed by atoms with Gasteiger partial charge in [-0.15, -0.1) is 11.8 Å². The Morgan fingerprint density at radius 2 is 1.57 bits per heavy atom. The minimum atomic E-state index is -0.975. The molecule has 0 radical (unpaired) electrons. The van der Waals surface area contributed by atoms with E-state index in [9.17, 15) is 9.59 Å². The molecule has 0 heterocycles. The van der Waals surface area contributed by atoms with Crippen LogP contribution in [0.15, 0.2) is 59.5 Å². The van der Waals surface area contributed by atoms with Crippen LogP contribution in [0.1, 0.15) is 27.6 Å². The highest BCUT2D eigenvalue weighted by atomic mass is 32.2. The third-order valence-corrected chi connectivity index (χ3v) is 4.18. The van der Waals surface area contributed by atoms with Crippen molar-refractivity contribution in [2.75, 3.05) is 0 Å². The third kappa shape index (κ3) is 4.36. The molecular formula is C16H14O4S. The summed E-state index contributed by atoms with van der Waals surface area (Å²) in [5, 5.41) is 17.7. The zero-order valence-electron chi connectivity index (χ0n) is 11.1. The highest BCUT2D eigenvalue weighted by molar-refractivity contribution is 7.99. The minimum absolute atomic E-state index is 0.00929. The van der Waals surface area contributed by atoms with Crippen LogP contribution >= 0.6 is 11.8 Å². The van der Waals surface area contributed by atoms with E-state index in [0.29, 0.717) is 0 Å². The van der Waals surface area contributed by atoms with E-state index in [2.05, 4.69) is 0 Å². The molecule has 0 saturated heterocycles.